The van der Waals surface area contributed by atoms with Gasteiger partial charge in [0.2, 0.25) is 0 Å². The van der Waals surface area contributed by atoms with Crippen molar-refractivity contribution >= 4 is 11.5 Å². The van der Waals surface area contributed by atoms with Gasteiger partial charge in [0.25, 0.3) is 0 Å². The van der Waals surface area contributed by atoms with Crippen molar-refractivity contribution < 1.29 is 0 Å². The number of hydrazine groups is 1. The Bertz CT molecular complexity index is 747. The number of hydrogen-bond donors (Lipinski definition) is 1. The van der Waals surface area contributed by atoms with Gasteiger partial charge in [-0.15, -0.1) is 0 Å². The number of allylic oxidation sites excluding steroid dienone is 2. The maximum Gasteiger partial charge on any atom is 0.155 e. The largest absolute Gasteiger partial charge is 0.298 e. The summed E-state index contributed by atoms with van der Waals surface area (Å²) >= 11 is 0. The van der Waals surface area contributed by atoms with Crippen molar-refractivity contribution in [2.75, 3.05) is 5.01 Å². The molecule has 2 aliphatic heterocycles. The average Bonchev–Trinajstić information content (AvgIpc) is 2.96. The van der Waals surface area contributed by atoms with Crippen LogP contribution in [0.2, 0.25) is 0 Å². The first kappa shape index (κ1) is 12.7. The van der Waals surface area contributed by atoms with E-state index in [4.69, 9.17) is 5.10 Å². The Morgan fingerprint density at radius 3 is 2.41 bits per heavy atom. The molecule has 4 heteroatoms. The fourth-order valence-corrected chi connectivity index (χ4v) is 2.63. The fourth-order valence-electron chi connectivity index (χ4n) is 2.63. The highest BCUT2D eigenvalue weighted by molar-refractivity contribution is 5.90. The van der Waals surface area contributed by atoms with E-state index in [-0.39, 0.29) is 0 Å². The predicted octanol–water partition coefficient (Wildman–Crippen LogP) is 3.24. The van der Waals surface area contributed by atoms with Gasteiger partial charge in [0.05, 0.1) is 5.69 Å². The summed E-state index contributed by atoms with van der Waals surface area (Å²) in [6.45, 7) is 0. The third-order valence-corrected chi connectivity index (χ3v) is 3.67. The molecule has 0 amide bonds. The molecule has 0 bridgehead atoms. The second kappa shape index (κ2) is 5.41. The standard InChI is InChI=1S/C18H16N4/c1-3-8-15(9-4-1)14-17-20-21(16-10-5-2-6-11-16)18-12-7-13-19-22(17)18/h1-13,19H,14H2. The summed E-state index contributed by atoms with van der Waals surface area (Å²) in [7, 11) is 0. The molecule has 0 radical (unpaired) electrons. The van der Waals surface area contributed by atoms with Crippen LogP contribution >= 0.6 is 0 Å². The number of hydrazone groups is 1. The van der Waals surface area contributed by atoms with E-state index in [2.05, 4.69) is 47.9 Å². The molecule has 0 aliphatic carbocycles. The number of para-hydroxylation sites is 1. The van der Waals surface area contributed by atoms with E-state index in [1.165, 1.54) is 5.56 Å². The minimum atomic E-state index is 0.780. The number of hydrogen-bond acceptors (Lipinski definition) is 4. The van der Waals surface area contributed by atoms with Crippen LogP contribution in [-0.2, 0) is 6.42 Å². The molecule has 2 aliphatic rings. The zero-order valence-electron chi connectivity index (χ0n) is 12.1. The quantitative estimate of drug-likeness (QED) is 0.940. The van der Waals surface area contributed by atoms with Crippen molar-refractivity contribution in [2.45, 2.75) is 6.42 Å². The molecule has 2 heterocycles. The van der Waals surface area contributed by atoms with Crippen LogP contribution in [0.3, 0.4) is 0 Å². The van der Waals surface area contributed by atoms with Crippen LogP contribution < -0.4 is 10.4 Å². The van der Waals surface area contributed by atoms with E-state index < -0.39 is 0 Å². The van der Waals surface area contributed by atoms with E-state index in [1.54, 1.807) is 0 Å². The Morgan fingerprint density at radius 1 is 0.909 bits per heavy atom. The number of fused-ring (bicyclic) bond motifs is 1. The summed E-state index contributed by atoms with van der Waals surface area (Å²) in [5, 5.41) is 8.80. The van der Waals surface area contributed by atoms with Crippen LogP contribution in [0, 0.1) is 0 Å². The van der Waals surface area contributed by atoms with Gasteiger partial charge in [0, 0.05) is 12.6 Å². The maximum atomic E-state index is 4.80. The van der Waals surface area contributed by atoms with Crippen molar-refractivity contribution in [1.82, 2.24) is 10.4 Å². The molecule has 2 aromatic carbocycles. The van der Waals surface area contributed by atoms with Crippen molar-refractivity contribution in [3.05, 3.63) is 90.4 Å². The second-order valence-corrected chi connectivity index (χ2v) is 5.17. The van der Waals surface area contributed by atoms with Gasteiger partial charge in [-0.05, 0) is 29.8 Å². The van der Waals surface area contributed by atoms with Crippen molar-refractivity contribution in [2.24, 2.45) is 5.10 Å². The monoisotopic (exact) mass is 288 g/mol. The van der Waals surface area contributed by atoms with Gasteiger partial charge in [0.1, 0.15) is 0 Å². The number of benzene rings is 2. The lowest BCUT2D eigenvalue weighted by Gasteiger charge is -2.26. The summed E-state index contributed by atoms with van der Waals surface area (Å²) in [6.07, 6.45) is 6.74. The van der Waals surface area contributed by atoms with Crippen molar-refractivity contribution in [3.63, 3.8) is 0 Å². The average molecular weight is 288 g/mol. The Labute approximate surface area is 129 Å². The first-order chi connectivity index (χ1) is 10.9. The van der Waals surface area contributed by atoms with Gasteiger partial charge in [-0.1, -0.05) is 48.5 Å². The zero-order chi connectivity index (χ0) is 14.8. The number of amidine groups is 1. The maximum absolute atomic E-state index is 4.80. The van der Waals surface area contributed by atoms with E-state index >= 15 is 0 Å². The van der Waals surface area contributed by atoms with Gasteiger partial charge in [-0.25, -0.2) is 10.0 Å². The SMILES string of the molecule is C1=CNN2C(=C1)N(c1ccccc1)N=C2Cc1ccccc1. The predicted molar refractivity (Wildman–Crippen MR) is 88.7 cm³/mol. The van der Waals surface area contributed by atoms with Crippen molar-refractivity contribution in [3.8, 4) is 0 Å². The molecule has 1 N–H and O–H groups in total. The molecule has 4 rings (SSSR count). The van der Waals surface area contributed by atoms with E-state index in [1.807, 2.05) is 46.6 Å². The second-order valence-electron chi connectivity index (χ2n) is 5.17. The van der Waals surface area contributed by atoms with Crippen molar-refractivity contribution in [1.29, 1.82) is 0 Å². The molecular formula is C18H16N4. The van der Waals surface area contributed by atoms with E-state index in [9.17, 15) is 0 Å². The van der Waals surface area contributed by atoms with E-state index in [0.717, 1.165) is 23.8 Å². The summed E-state index contributed by atoms with van der Waals surface area (Å²) in [6, 6.07) is 20.6. The highest BCUT2D eigenvalue weighted by Gasteiger charge is 2.30. The summed E-state index contributed by atoms with van der Waals surface area (Å²) in [5.41, 5.74) is 5.56. The zero-order valence-corrected chi connectivity index (χ0v) is 12.1. The van der Waals surface area contributed by atoms with Crippen LogP contribution in [0.1, 0.15) is 5.56 Å². The van der Waals surface area contributed by atoms with Gasteiger partial charge in [0.15, 0.2) is 11.7 Å². The van der Waals surface area contributed by atoms with Crippen LogP contribution in [0.25, 0.3) is 0 Å². The first-order valence-electron chi connectivity index (χ1n) is 7.31. The molecule has 0 saturated carbocycles. The molecule has 22 heavy (non-hydrogen) atoms. The highest BCUT2D eigenvalue weighted by atomic mass is 15.7. The molecule has 0 unspecified atom stereocenters. The molecule has 0 atom stereocenters. The minimum absolute atomic E-state index is 0.780. The van der Waals surface area contributed by atoms with Gasteiger partial charge in [-0.3, -0.25) is 5.43 Å². The lowest BCUT2D eigenvalue weighted by atomic mass is 10.1. The third kappa shape index (κ3) is 2.24. The summed E-state index contributed by atoms with van der Waals surface area (Å²) < 4.78 is 0. The lowest BCUT2D eigenvalue weighted by molar-refractivity contribution is 0.439. The molecule has 0 spiro atoms. The lowest BCUT2D eigenvalue weighted by Crippen LogP contribution is -2.40. The highest BCUT2D eigenvalue weighted by Crippen LogP contribution is 2.28. The Hall–Kier alpha value is -3.01. The molecule has 0 fully saturated rings. The van der Waals surface area contributed by atoms with Crippen LogP contribution in [-0.4, -0.2) is 10.8 Å². The summed E-state index contributed by atoms with van der Waals surface area (Å²) in [5.74, 6) is 1.99. The Balaban J connectivity index is 1.69. The Kier molecular flexibility index (Phi) is 3.12. The molecule has 2 aromatic rings. The third-order valence-electron chi connectivity index (χ3n) is 3.67. The smallest absolute Gasteiger partial charge is 0.155 e. The number of anilines is 1. The normalized spacial score (nSPS) is 16.0. The van der Waals surface area contributed by atoms with Crippen LogP contribution in [0.4, 0.5) is 5.69 Å². The summed E-state index contributed by atoms with van der Waals surface area (Å²) in [4.78, 5) is 0. The molecule has 0 aromatic heterocycles. The van der Waals surface area contributed by atoms with Crippen LogP contribution in [0.15, 0.2) is 89.9 Å². The number of nitrogens with zero attached hydrogens (tertiary/aromatic N) is 3. The molecule has 108 valence electrons. The van der Waals surface area contributed by atoms with E-state index in [0.29, 0.717) is 0 Å². The first-order valence-corrected chi connectivity index (χ1v) is 7.31. The molecule has 4 nitrogen and oxygen atoms in total. The number of rotatable bonds is 3. The van der Waals surface area contributed by atoms with Gasteiger partial charge >= 0.3 is 0 Å². The molecular weight excluding hydrogens is 272 g/mol. The number of nitrogens with one attached hydrogen (secondary N) is 1. The van der Waals surface area contributed by atoms with Gasteiger partial charge in [-0.2, -0.15) is 5.10 Å². The van der Waals surface area contributed by atoms with Gasteiger partial charge < -0.3 is 0 Å². The topological polar surface area (TPSA) is 30.9 Å². The van der Waals surface area contributed by atoms with Crippen LogP contribution in [0.5, 0.6) is 0 Å². The Morgan fingerprint density at radius 2 is 1.64 bits per heavy atom. The fraction of sp³-hybridized carbons (Fsp3) is 0.0556. The molecule has 0 saturated heterocycles. The minimum Gasteiger partial charge on any atom is -0.298 e.